The summed E-state index contributed by atoms with van der Waals surface area (Å²) in [4.78, 5) is 72.8. The number of carboxylic acids is 1. The number of anilines is 1. The van der Waals surface area contributed by atoms with Crippen molar-refractivity contribution in [1.29, 1.82) is 0 Å². The SMILES string of the molecule is CC(C)(C)C(=O)OC/C=C/c1ccc(O[C@@H]2C[C@H](C(=O)O)[C@@H](O)[C@H](O)[C@H]2O)c(NC(=O)CCNC(=O)CCN2C(=O)C=CC2=O)c1. The first-order chi connectivity index (χ1) is 21.6. The Morgan fingerprint density at radius 1 is 0.978 bits per heavy atom. The molecule has 1 aromatic rings. The number of amides is 4. The van der Waals surface area contributed by atoms with Crippen molar-refractivity contribution in [2.75, 3.05) is 25.0 Å². The van der Waals surface area contributed by atoms with Crippen LogP contribution in [0.2, 0.25) is 0 Å². The van der Waals surface area contributed by atoms with Gasteiger partial charge in [-0.1, -0.05) is 12.1 Å². The first kappa shape index (κ1) is 35.9. The normalized spacial score (nSPS) is 23.0. The maximum atomic E-state index is 12.8. The number of ether oxygens (including phenoxy) is 2. The van der Waals surface area contributed by atoms with E-state index in [9.17, 15) is 49.2 Å². The molecule has 0 bridgehead atoms. The second kappa shape index (κ2) is 15.6. The summed E-state index contributed by atoms with van der Waals surface area (Å²) >= 11 is 0. The van der Waals surface area contributed by atoms with E-state index in [0.717, 1.165) is 17.1 Å². The summed E-state index contributed by atoms with van der Waals surface area (Å²) in [6, 6.07) is 4.56. The number of nitrogens with zero attached hydrogens (tertiary/aromatic N) is 1. The van der Waals surface area contributed by atoms with Crippen LogP contribution in [0.4, 0.5) is 5.69 Å². The molecule has 6 N–H and O–H groups in total. The van der Waals surface area contributed by atoms with E-state index in [4.69, 9.17) is 9.47 Å². The molecule has 15 heteroatoms. The predicted octanol–water partition coefficient (Wildman–Crippen LogP) is -0.0164. The standard InChI is InChI=1S/C31H39N3O12/c1-31(2,3)30(44)45-14-4-5-17-6-7-20(46-21-16-18(29(42)43)26(39)28(41)27(21)40)19(15-17)33-23(36)10-12-32-22(35)11-13-34-24(37)8-9-25(34)38/h4-9,15,18,21,26-28,39-41H,10-14,16H2,1-3H3,(H,32,35)(H,33,36)(H,42,43)/b5-4+/t18-,21+,26+,27-,28-/m0/s1. The van der Waals surface area contributed by atoms with Crippen molar-refractivity contribution in [3.63, 3.8) is 0 Å². The zero-order chi connectivity index (χ0) is 34.2. The molecule has 15 nitrogen and oxygen atoms in total. The van der Waals surface area contributed by atoms with Gasteiger partial charge in [0.05, 0.1) is 23.1 Å². The quantitative estimate of drug-likeness (QED) is 0.123. The van der Waals surface area contributed by atoms with Crippen LogP contribution in [-0.2, 0) is 33.5 Å². The average Bonchev–Trinajstić information content (AvgIpc) is 3.30. The zero-order valence-electron chi connectivity index (χ0n) is 25.7. The lowest BCUT2D eigenvalue weighted by molar-refractivity contribution is -0.174. The molecule has 5 atom stereocenters. The average molecular weight is 646 g/mol. The minimum Gasteiger partial charge on any atom is -0.485 e. The molecular formula is C31H39N3O12. The number of esters is 1. The van der Waals surface area contributed by atoms with E-state index in [1.807, 2.05) is 0 Å². The highest BCUT2D eigenvalue weighted by molar-refractivity contribution is 6.13. The van der Waals surface area contributed by atoms with E-state index in [1.165, 1.54) is 12.1 Å². The molecule has 1 aliphatic heterocycles. The molecule has 1 saturated carbocycles. The van der Waals surface area contributed by atoms with Crippen molar-refractivity contribution in [3.05, 3.63) is 42.0 Å². The summed E-state index contributed by atoms with van der Waals surface area (Å²) in [6.45, 7) is 4.95. The number of rotatable bonds is 13. The lowest BCUT2D eigenvalue weighted by atomic mass is 9.80. The predicted molar refractivity (Wildman–Crippen MR) is 161 cm³/mol. The Bertz CT molecular complexity index is 1380. The van der Waals surface area contributed by atoms with Gasteiger partial charge < -0.3 is 40.5 Å². The van der Waals surface area contributed by atoms with Gasteiger partial charge in [-0.25, -0.2) is 0 Å². The highest BCUT2D eigenvalue weighted by Gasteiger charge is 2.47. The van der Waals surface area contributed by atoms with Gasteiger partial charge in [0.25, 0.3) is 11.8 Å². The molecule has 0 spiro atoms. The van der Waals surface area contributed by atoms with Crippen molar-refractivity contribution >= 4 is 47.3 Å². The molecule has 1 heterocycles. The van der Waals surface area contributed by atoms with Gasteiger partial charge in [0, 0.05) is 44.5 Å². The van der Waals surface area contributed by atoms with E-state index in [2.05, 4.69) is 10.6 Å². The molecule has 2 aliphatic rings. The third-order valence-corrected chi connectivity index (χ3v) is 7.22. The summed E-state index contributed by atoms with van der Waals surface area (Å²) in [5.41, 5.74) is -0.0186. The summed E-state index contributed by atoms with van der Waals surface area (Å²) in [7, 11) is 0. The van der Waals surface area contributed by atoms with Crippen molar-refractivity contribution in [2.24, 2.45) is 11.3 Å². The number of carbonyl (C=O) groups excluding carboxylic acids is 5. The molecule has 0 aromatic heterocycles. The maximum absolute atomic E-state index is 12.8. The lowest BCUT2D eigenvalue weighted by Crippen LogP contribution is -2.57. The summed E-state index contributed by atoms with van der Waals surface area (Å²) < 4.78 is 11.1. The number of benzene rings is 1. The fraction of sp³-hybridized carbons (Fsp3) is 0.484. The fourth-order valence-electron chi connectivity index (χ4n) is 4.57. The van der Waals surface area contributed by atoms with E-state index in [0.29, 0.717) is 5.56 Å². The second-order valence-electron chi connectivity index (χ2n) is 11.9. The smallest absolute Gasteiger partial charge is 0.311 e. The molecule has 1 fully saturated rings. The molecule has 1 aromatic carbocycles. The minimum absolute atomic E-state index is 0.0165. The molecule has 46 heavy (non-hydrogen) atoms. The van der Waals surface area contributed by atoms with Crippen LogP contribution in [0.25, 0.3) is 6.08 Å². The summed E-state index contributed by atoms with van der Waals surface area (Å²) in [6.07, 6.45) is -1.64. The second-order valence-corrected chi connectivity index (χ2v) is 11.9. The Morgan fingerprint density at radius 2 is 1.65 bits per heavy atom. The van der Waals surface area contributed by atoms with Crippen LogP contribution in [0.1, 0.15) is 45.6 Å². The molecule has 1 aliphatic carbocycles. The van der Waals surface area contributed by atoms with Gasteiger partial charge in [-0.05, 0) is 44.5 Å². The lowest BCUT2D eigenvalue weighted by Gasteiger charge is -2.38. The fourth-order valence-corrected chi connectivity index (χ4v) is 4.57. The molecule has 250 valence electrons. The number of hydrogen-bond acceptors (Lipinski definition) is 11. The topological polar surface area (TPSA) is 229 Å². The van der Waals surface area contributed by atoms with Gasteiger partial charge in [-0.3, -0.25) is 33.7 Å². The minimum atomic E-state index is -1.79. The highest BCUT2D eigenvalue weighted by atomic mass is 16.5. The number of hydrogen-bond donors (Lipinski definition) is 6. The number of aliphatic carboxylic acids is 1. The monoisotopic (exact) mass is 645 g/mol. The van der Waals surface area contributed by atoms with Crippen LogP contribution in [0, 0.1) is 11.3 Å². The number of aliphatic hydroxyl groups excluding tert-OH is 3. The van der Waals surface area contributed by atoms with Crippen LogP contribution >= 0.6 is 0 Å². The van der Waals surface area contributed by atoms with Crippen LogP contribution in [0.15, 0.2) is 36.4 Å². The summed E-state index contributed by atoms with van der Waals surface area (Å²) in [5.74, 6) is -5.22. The molecule has 0 radical (unpaired) electrons. The summed E-state index contributed by atoms with van der Waals surface area (Å²) in [5, 5.41) is 45.4. The van der Waals surface area contributed by atoms with Gasteiger partial charge >= 0.3 is 11.9 Å². The van der Waals surface area contributed by atoms with Crippen LogP contribution in [0.3, 0.4) is 0 Å². The first-order valence-electron chi connectivity index (χ1n) is 14.6. The number of imide groups is 1. The van der Waals surface area contributed by atoms with Gasteiger partial charge in [-0.15, -0.1) is 0 Å². The van der Waals surface area contributed by atoms with Crippen LogP contribution in [-0.4, -0.2) is 105 Å². The van der Waals surface area contributed by atoms with E-state index >= 15 is 0 Å². The number of nitrogens with one attached hydrogen (secondary N) is 2. The molecule has 0 saturated heterocycles. The van der Waals surface area contributed by atoms with E-state index in [1.54, 1.807) is 39.0 Å². The number of aliphatic hydroxyl groups is 3. The Kier molecular flexibility index (Phi) is 12.2. The van der Waals surface area contributed by atoms with Gasteiger partial charge in [0.1, 0.15) is 30.7 Å². The third kappa shape index (κ3) is 9.70. The van der Waals surface area contributed by atoms with Crippen LogP contribution in [0.5, 0.6) is 5.75 Å². The van der Waals surface area contributed by atoms with Crippen molar-refractivity contribution in [3.8, 4) is 5.75 Å². The van der Waals surface area contributed by atoms with E-state index in [-0.39, 0.29) is 50.4 Å². The Balaban J connectivity index is 1.68. The molecule has 3 rings (SSSR count). The van der Waals surface area contributed by atoms with Crippen LogP contribution < -0.4 is 15.4 Å². The Hall–Kier alpha value is -4.60. The third-order valence-electron chi connectivity index (χ3n) is 7.22. The molecule has 0 unspecified atom stereocenters. The maximum Gasteiger partial charge on any atom is 0.311 e. The zero-order valence-corrected chi connectivity index (χ0v) is 25.7. The van der Waals surface area contributed by atoms with Crippen molar-refractivity contribution < 1.29 is 58.7 Å². The number of carbonyl (C=O) groups is 6. The molecule has 4 amide bonds. The van der Waals surface area contributed by atoms with Gasteiger partial charge in [-0.2, -0.15) is 0 Å². The largest absolute Gasteiger partial charge is 0.485 e. The van der Waals surface area contributed by atoms with Crippen molar-refractivity contribution in [2.45, 2.75) is 64.4 Å². The van der Waals surface area contributed by atoms with E-state index < -0.39 is 71.3 Å². The molecular weight excluding hydrogens is 606 g/mol. The Morgan fingerprint density at radius 3 is 2.28 bits per heavy atom. The number of carboxylic acid groups (broad SMARTS) is 1. The van der Waals surface area contributed by atoms with Gasteiger partial charge in [0.15, 0.2) is 0 Å². The van der Waals surface area contributed by atoms with Gasteiger partial charge in [0.2, 0.25) is 11.8 Å². The highest BCUT2D eigenvalue weighted by Crippen LogP contribution is 2.33. The Labute approximate surface area is 264 Å². The van der Waals surface area contributed by atoms with Crippen molar-refractivity contribution in [1.82, 2.24) is 10.2 Å². The first-order valence-corrected chi connectivity index (χ1v) is 14.6.